The summed E-state index contributed by atoms with van der Waals surface area (Å²) in [6, 6.07) is 18.5. The molecule has 0 heterocycles. The highest BCUT2D eigenvalue weighted by Crippen LogP contribution is 2.17. The van der Waals surface area contributed by atoms with E-state index in [0.29, 0.717) is 6.61 Å². The van der Waals surface area contributed by atoms with Gasteiger partial charge in [0.15, 0.2) is 0 Å². The standard InChI is InChI=1S/C20H23NO4/c1-15(25-14-16-9-5-3-6-10-16)20(23)21-18(13-19(22)24-2)17-11-7-4-8-12-17/h3-12,15,18H,13-14H2,1-2H3,(H,21,23). The van der Waals surface area contributed by atoms with Crippen LogP contribution in [0.1, 0.15) is 30.5 Å². The van der Waals surface area contributed by atoms with Crippen LogP contribution >= 0.6 is 0 Å². The molecular formula is C20H23NO4. The number of rotatable bonds is 8. The third kappa shape index (κ3) is 6.04. The SMILES string of the molecule is COC(=O)CC(NC(=O)C(C)OCc1ccccc1)c1ccccc1. The molecule has 0 saturated carbocycles. The van der Waals surface area contributed by atoms with Crippen molar-refractivity contribution in [3.8, 4) is 0 Å². The monoisotopic (exact) mass is 341 g/mol. The summed E-state index contributed by atoms with van der Waals surface area (Å²) in [4.78, 5) is 24.1. The number of esters is 1. The number of ether oxygens (including phenoxy) is 2. The number of hydrogen-bond acceptors (Lipinski definition) is 4. The van der Waals surface area contributed by atoms with Gasteiger partial charge in [0.05, 0.1) is 26.2 Å². The first kappa shape index (κ1) is 18.7. The van der Waals surface area contributed by atoms with E-state index < -0.39 is 12.1 Å². The maximum atomic E-state index is 12.4. The second-order valence-electron chi connectivity index (χ2n) is 5.69. The van der Waals surface area contributed by atoms with Crippen LogP contribution in [0.3, 0.4) is 0 Å². The van der Waals surface area contributed by atoms with Crippen molar-refractivity contribution < 1.29 is 19.1 Å². The summed E-state index contributed by atoms with van der Waals surface area (Å²) in [6.45, 7) is 2.04. The number of carbonyl (C=O) groups excluding carboxylic acids is 2. The zero-order valence-electron chi connectivity index (χ0n) is 14.5. The van der Waals surface area contributed by atoms with E-state index in [4.69, 9.17) is 9.47 Å². The Kier molecular flexibility index (Phi) is 7.16. The Hall–Kier alpha value is -2.66. The predicted molar refractivity (Wildman–Crippen MR) is 94.7 cm³/mol. The fraction of sp³-hybridized carbons (Fsp3) is 0.300. The smallest absolute Gasteiger partial charge is 0.307 e. The molecule has 0 saturated heterocycles. The van der Waals surface area contributed by atoms with Crippen molar-refractivity contribution in [1.82, 2.24) is 5.32 Å². The fourth-order valence-corrected chi connectivity index (χ4v) is 2.35. The van der Waals surface area contributed by atoms with Crippen LogP contribution in [0.15, 0.2) is 60.7 Å². The summed E-state index contributed by atoms with van der Waals surface area (Å²) >= 11 is 0. The van der Waals surface area contributed by atoms with E-state index in [2.05, 4.69) is 5.32 Å². The summed E-state index contributed by atoms with van der Waals surface area (Å²) in [5.41, 5.74) is 1.84. The Balaban J connectivity index is 1.96. The van der Waals surface area contributed by atoms with Crippen LogP contribution in [0, 0.1) is 0 Å². The topological polar surface area (TPSA) is 64.6 Å². The van der Waals surface area contributed by atoms with Crippen molar-refractivity contribution in [2.45, 2.75) is 32.1 Å². The van der Waals surface area contributed by atoms with Crippen LogP contribution < -0.4 is 5.32 Å². The predicted octanol–water partition coefficient (Wildman–Crippen LogP) is 3.01. The van der Waals surface area contributed by atoms with E-state index in [1.54, 1.807) is 6.92 Å². The average Bonchev–Trinajstić information content (AvgIpc) is 2.66. The van der Waals surface area contributed by atoms with Crippen LogP contribution in [0.2, 0.25) is 0 Å². The molecule has 0 radical (unpaired) electrons. The molecule has 0 spiro atoms. The van der Waals surface area contributed by atoms with Gasteiger partial charge in [0, 0.05) is 0 Å². The minimum absolute atomic E-state index is 0.0671. The number of nitrogens with one attached hydrogen (secondary N) is 1. The molecule has 2 rings (SSSR count). The van der Waals surface area contributed by atoms with E-state index in [-0.39, 0.29) is 18.3 Å². The van der Waals surface area contributed by atoms with Crippen LogP contribution in [-0.4, -0.2) is 25.1 Å². The lowest BCUT2D eigenvalue weighted by Crippen LogP contribution is -2.38. The lowest BCUT2D eigenvalue weighted by molar-refractivity contribution is -0.141. The van der Waals surface area contributed by atoms with Crippen LogP contribution in [0.5, 0.6) is 0 Å². The van der Waals surface area contributed by atoms with Gasteiger partial charge in [0.2, 0.25) is 5.91 Å². The summed E-state index contributed by atoms with van der Waals surface area (Å²) in [7, 11) is 1.33. The Morgan fingerprint density at radius 1 is 1.00 bits per heavy atom. The molecule has 5 heteroatoms. The van der Waals surface area contributed by atoms with Gasteiger partial charge in [0.25, 0.3) is 0 Å². The second kappa shape index (κ2) is 9.59. The van der Waals surface area contributed by atoms with Gasteiger partial charge >= 0.3 is 5.97 Å². The summed E-state index contributed by atoms with van der Waals surface area (Å²) in [5, 5.41) is 2.87. The van der Waals surface area contributed by atoms with Gasteiger partial charge in [-0.15, -0.1) is 0 Å². The third-order valence-electron chi connectivity index (χ3n) is 3.83. The summed E-state index contributed by atoms with van der Waals surface area (Å²) < 4.78 is 10.4. The van der Waals surface area contributed by atoms with E-state index in [0.717, 1.165) is 11.1 Å². The van der Waals surface area contributed by atoms with Crippen LogP contribution in [0.4, 0.5) is 0 Å². The molecule has 1 amide bonds. The second-order valence-corrected chi connectivity index (χ2v) is 5.69. The molecule has 5 nitrogen and oxygen atoms in total. The lowest BCUT2D eigenvalue weighted by Gasteiger charge is -2.21. The lowest BCUT2D eigenvalue weighted by atomic mass is 10.0. The van der Waals surface area contributed by atoms with Crippen molar-refractivity contribution >= 4 is 11.9 Å². The number of methoxy groups -OCH3 is 1. The molecule has 0 aliphatic carbocycles. The molecule has 1 N–H and O–H groups in total. The van der Waals surface area contributed by atoms with Crippen molar-refractivity contribution in [2.24, 2.45) is 0 Å². The van der Waals surface area contributed by atoms with Gasteiger partial charge in [-0.2, -0.15) is 0 Å². The Morgan fingerprint density at radius 2 is 1.60 bits per heavy atom. The first-order chi connectivity index (χ1) is 12.1. The van der Waals surface area contributed by atoms with Gasteiger partial charge in [0.1, 0.15) is 6.10 Å². The van der Waals surface area contributed by atoms with Gasteiger partial charge < -0.3 is 14.8 Å². The minimum Gasteiger partial charge on any atom is -0.469 e. The van der Waals surface area contributed by atoms with E-state index in [1.807, 2.05) is 60.7 Å². The first-order valence-corrected chi connectivity index (χ1v) is 8.18. The first-order valence-electron chi connectivity index (χ1n) is 8.18. The summed E-state index contributed by atoms with van der Waals surface area (Å²) in [6.07, 6.45) is -0.568. The number of carbonyl (C=O) groups is 2. The van der Waals surface area contributed by atoms with E-state index >= 15 is 0 Å². The van der Waals surface area contributed by atoms with Gasteiger partial charge in [-0.1, -0.05) is 60.7 Å². The van der Waals surface area contributed by atoms with Crippen molar-refractivity contribution in [3.63, 3.8) is 0 Å². The maximum Gasteiger partial charge on any atom is 0.307 e. The van der Waals surface area contributed by atoms with E-state index in [9.17, 15) is 9.59 Å². The highest BCUT2D eigenvalue weighted by molar-refractivity contribution is 5.81. The fourth-order valence-electron chi connectivity index (χ4n) is 2.35. The van der Waals surface area contributed by atoms with E-state index in [1.165, 1.54) is 7.11 Å². The minimum atomic E-state index is -0.635. The van der Waals surface area contributed by atoms with Crippen molar-refractivity contribution in [3.05, 3.63) is 71.8 Å². The molecule has 2 unspecified atom stereocenters. The molecule has 2 atom stereocenters. The van der Waals surface area contributed by atoms with Gasteiger partial charge in [-0.05, 0) is 18.1 Å². The number of hydrogen-bond donors (Lipinski definition) is 1. The maximum absolute atomic E-state index is 12.4. The largest absolute Gasteiger partial charge is 0.469 e. The molecular weight excluding hydrogens is 318 g/mol. The zero-order valence-corrected chi connectivity index (χ0v) is 14.5. The van der Waals surface area contributed by atoms with Crippen molar-refractivity contribution in [1.29, 1.82) is 0 Å². The normalized spacial score (nSPS) is 12.9. The molecule has 2 aromatic carbocycles. The molecule has 0 fully saturated rings. The van der Waals surface area contributed by atoms with Crippen LogP contribution in [0.25, 0.3) is 0 Å². The zero-order chi connectivity index (χ0) is 18.1. The number of amides is 1. The summed E-state index contributed by atoms with van der Waals surface area (Å²) in [5.74, 6) is -0.652. The Morgan fingerprint density at radius 3 is 2.20 bits per heavy atom. The molecule has 0 bridgehead atoms. The molecule has 0 aliphatic heterocycles. The highest BCUT2D eigenvalue weighted by atomic mass is 16.5. The van der Waals surface area contributed by atoms with Crippen LogP contribution in [-0.2, 0) is 25.7 Å². The Labute approximate surface area is 148 Å². The molecule has 132 valence electrons. The van der Waals surface area contributed by atoms with Crippen molar-refractivity contribution in [2.75, 3.05) is 7.11 Å². The molecule has 0 aromatic heterocycles. The van der Waals surface area contributed by atoms with Gasteiger partial charge in [-0.3, -0.25) is 9.59 Å². The quantitative estimate of drug-likeness (QED) is 0.750. The molecule has 2 aromatic rings. The highest BCUT2D eigenvalue weighted by Gasteiger charge is 2.22. The average molecular weight is 341 g/mol. The molecule has 0 aliphatic rings. The molecule has 25 heavy (non-hydrogen) atoms. The number of benzene rings is 2. The van der Waals surface area contributed by atoms with Gasteiger partial charge in [-0.25, -0.2) is 0 Å². The Bertz CT molecular complexity index is 673. The third-order valence-corrected chi connectivity index (χ3v) is 3.83.